The molecule has 0 aliphatic carbocycles. The first-order chi connectivity index (χ1) is 10.1. The third kappa shape index (κ3) is 3.76. The van der Waals surface area contributed by atoms with E-state index in [2.05, 4.69) is 10.3 Å². The van der Waals surface area contributed by atoms with E-state index in [1.807, 2.05) is 25.1 Å². The van der Waals surface area contributed by atoms with Gasteiger partial charge in [0.15, 0.2) is 0 Å². The Kier molecular flexibility index (Phi) is 4.46. The van der Waals surface area contributed by atoms with Crippen LogP contribution in [0.3, 0.4) is 0 Å². The van der Waals surface area contributed by atoms with Crippen LogP contribution >= 0.6 is 0 Å². The summed E-state index contributed by atoms with van der Waals surface area (Å²) in [7, 11) is 0. The normalized spacial score (nSPS) is 9.90. The Morgan fingerprint density at radius 1 is 1.29 bits per heavy atom. The van der Waals surface area contributed by atoms with E-state index in [4.69, 9.17) is 5.26 Å². The second-order valence-electron chi connectivity index (χ2n) is 4.57. The number of anilines is 1. The Morgan fingerprint density at radius 3 is 2.62 bits per heavy atom. The maximum Gasteiger partial charge on any atom is 0.269 e. The SMILES string of the molecule is Cc1ccc(NCCc2ccc([N+](=O)[O-])cc2)nc1C#N. The summed E-state index contributed by atoms with van der Waals surface area (Å²) in [6, 6.07) is 12.2. The summed E-state index contributed by atoms with van der Waals surface area (Å²) in [6.07, 6.45) is 0.718. The molecule has 0 unspecified atom stereocenters. The summed E-state index contributed by atoms with van der Waals surface area (Å²) >= 11 is 0. The first-order valence-electron chi connectivity index (χ1n) is 6.45. The van der Waals surface area contributed by atoms with Crippen LogP contribution in [0.1, 0.15) is 16.8 Å². The van der Waals surface area contributed by atoms with Crippen LogP contribution in [0, 0.1) is 28.4 Å². The van der Waals surface area contributed by atoms with Gasteiger partial charge in [-0.2, -0.15) is 5.26 Å². The molecule has 0 amide bonds. The minimum absolute atomic E-state index is 0.0885. The monoisotopic (exact) mass is 282 g/mol. The van der Waals surface area contributed by atoms with Crippen molar-refractivity contribution in [3.63, 3.8) is 0 Å². The van der Waals surface area contributed by atoms with Crippen LogP contribution in [-0.4, -0.2) is 16.5 Å². The summed E-state index contributed by atoms with van der Waals surface area (Å²) in [5, 5.41) is 22.6. The molecule has 0 atom stereocenters. The van der Waals surface area contributed by atoms with Crippen molar-refractivity contribution >= 4 is 11.5 Å². The number of nitro groups is 1. The van der Waals surface area contributed by atoms with E-state index in [9.17, 15) is 10.1 Å². The zero-order chi connectivity index (χ0) is 15.2. The van der Waals surface area contributed by atoms with Gasteiger partial charge in [-0.05, 0) is 30.5 Å². The van der Waals surface area contributed by atoms with Crippen LogP contribution in [0.2, 0.25) is 0 Å². The number of nitrogens with one attached hydrogen (secondary N) is 1. The molecule has 1 aromatic heterocycles. The maximum atomic E-state index is 10.6. The molecule has 2 aromatic rings. The van der Waals surface area contributed by atoms with Crippen molar-refractivity contribution in [3.8, 4) is 6.07 Å². The van der Waals surface area contributed by atoms with Gasteiger partial charge in [-0.15, -0.1) is 0 Å². The van der Waals surface area contributed by atoms with Crippen LogP contribution in [-0.2, 0) is 6.42 Å². The second-order valence-corrected chi connectivity index (χ2v) is 4.57. The van der Waals surface area contributed by atoms with Crippen LogP contribution < -0.4 is 5.32 Å². The molecule has 1 heterocycles. The van der Waals surface area contributed by atoms with Gasteiger partial charge in [-0.25, -0.2) is 4.98 Å². The molecule has 0 fully saturated rings. The molecule has 0 saturated carbocycles. The van der Waals surface area contributed by atoms with Crippen molar-refractivity contribution < 1.29 is 4.92 Å². The quantitative estimate of drug-likeness (QED) is 0.672. The van der Waals surface area contributed by atoms with Crippen molar-refractivity contribution in [3.05, 3.63) is 63.3 Å². The lowest BCUT2D eigenvalue weighted by atomic mass is 10.1. The molecule has 6 nitrogen and oxygen atoms in total. The lowest BCUT2D eigenvalue weighted by Crippen LogP contribution is -2.07. The second kappa shape index (κ2) is 6.48. The van der Waals surface area contributed by atoms with Gasteiger partial charge in [0, 0.05) is 18.7 Å². The summed E-state index contributed by atoms with van der Waals surface area (Å²) < 4.78 is 0. The van der Waals surface area contributed by atoms with E-state index in [0.717, 1.165) is 17.5 Å². The molecule has 0 bridgehead atoms. The van der Waals surface area contributed by atoms with Crippen molar-refractivity contribution in [2.45, 2.75) is 13.3 Å². The fourth-order valence-electron chi connectivity index (χ4n) is 1.86. The van der Waals surface area contributed by atoms with Crippen molar-refractivity contribution in [2.75, 3.05) is 11.9 Å². The summed E-state index contributed by atoms with van der Waals surface area (Å²) in [5.41, 5.74) is 2.35. The smallest absolute Gasteiger partial charge is 0.269 e. The number of aryl methyl sites for hydroxylation is 1. The average molecular weight is 282 g/mol. The molecule has 1 N–H and O–H groups in total. The van der Waals surface area contributed by atoms with Gasteiger partial charge in [0.1, 0.15) is 17.6 Å². The summed E-state index contributed by atoms with van der Waals surface area (Å²) in [5.74, 6) is 0.652. The predicted molar refractivity (Wildman–Crippen MR) is 79.0 cm³/mol. The third-order valence-corrected chi connectivity index (χ3v) is 3.07. The number of rotatable bonds is 5. The number of hydrogen-bond donors (Lipinski definition) is 1. The predicted octanol–water partition coefficient (Wildman–Crippen LogP) is 2.82. The van der Waals surface area contributed by atoms with Crippen LogP contribution in [0.25, 0.3) is 0 Å². The fourth-order valence-corrected chi connectivity index (χ4v) is 1.86. The van der Waals surface area contributed by atoms with Crippen molar-refractivity contribution in [1.82, 2.24) is 4.98 Å². The average Bonchev–Trinajstić information content (AvgIpc) is 2.49. The minimum Gasteiger partial charge on any atom is -0.370 e. The maximum absolute atomic E-state index is 10.6. The molecule has 0 saturated heterocycles. The summed E-state index contributed by atoms with van der Waals surface area (Å²) in [4.78, 5) is 14.3. The van der Waals surface area contributed by atoms with Crippen LogP contribution in [0.5, 0.6) is 0 Å². The molecule has 6 heteroatoms. The van der Waals surface area contributed by atoms with E-state index in [1.165, 1.54) is 12.1 Å². The molecule has 1 aromatic carbocycles. The molecule has 0 radical (unpaired) electrons. The van der Waals surface area contributed by atoms with E-state index in [-0.39, 0.29) is 5.69 Å². The molecule has 21 heavy (non-hydrogen) atoms. The van der Waals surface area contributed by atoms with Crippen LogP contribution in [0.4, 0.5) is 11.5 Å². The van der Waals surface area contributed by atoms with Gasteiger partial charge in [-0.3, -0.25) is 10.1 Å². The molecule has 0 aliphatic heterocycles. The first-order valence-corrected chi connectivity index (χ1v) is 6.45. The first kappa shape index (κ1) is 14.5. The zero-order valence-corrected chi connectivity index (χ0v) is 11.5. The standard InChI is InChI=1S/C15H14N4O2/c1-11-2-7-15(18-14(11)10-16)17-9-8-12-3-5-13(6-4-12)19(20)21/h2-7H,8-9H2,1H3,(H,17,18). The highest BCUT2D eigenvalue weighted by Crippen LogP contribution is 2.13. The highest BCUT2D eigenvalue weighted by Gasteiger charge is 2.04. The van der Waals surface area contributed by atoms with Gasteiger partial charge < -0.3 is 5.32 Å². The van der Waals surface area contributed by atoms with Gasteiger partial charge in [0.2, 0.25) is 0 Å². The van der Waals surface area contributed by atoms with Gasteiger partial charge in [0.05, 0.1) is 4.92 Å². The van der Waals surface area contributed by atoms with E-state index >= 15 is 0 Å². The topological polar surface area (TPSA) is 91.8 Å². The molecule has 2 rings (SSSR count). The number of hydrogen-bond acceptors (Lipinski definition) is 5. The third-order valence-electron chi connectivity index (χ3n) is 3.07. The zero-order valence-electron chi connectivity index (χ0n) is 11.5. The number of nitro benzene ring substituents is 1. The number of aromatic nitrogens is 1. The molecule has 0 aliphatic rings. The number of non-ortho nitro benzene ring substituents is 1. The fraction of sp³-hybridized carbons (Fsp3) is 0.200. The van der Waals surface area contributed by atoms with E-state index in [1.54, 1.807) is 12.1 Å². The number of nitriles is 1. The highest BCUT2D eigenvalue weighted by atomic mass is 16.6. The van der Waals surface area contributed by atoms with Crippen molar-refractivity contribution in [2.24, 2.45) is 0 Å². The van der Waals surface area contributed by atoms with Crippen LogP contribution in [0.15, 0.2) is 36.4 Å². The Labute approximate surface area is 122 Å². The van der Waals surface area contributed by atoms with Gasteiger partial charge >= 0.3 is 0 Å². The van der Waals surface area contributed by atoms with Crippen molar-refractivity contribution in [1.29, 1.82) is 5.26 Å². The van der Waals surface area contributed by atoms with E-state index in [0.29, 0.717) is 18.1 Å². The molecule has 0 spiro atoms. The van der Waals surface area contributed by atoms with Gasteiger partial charge in [-0.1, -0.05) is 18.2 Å². The number of pyridine rings is 1. The number of benzene rings is 1. The molecular weight excluding hydrogens is 268 g/mol. The largest absolute Gasteiger partial charge is 0.370 e. The minimum atomic E-state index is -0.415. The summed E-state index contributed by atoms with van der Waals surface area (Å²) in [6.45, 7) is 2.48. The Morgan fingerprint density at radius 2 is 2.00 bits per heavy atom. The Bertz CT molecular complexity index is 690. The molecule has 106 valence electrons. The lowest BCUT2D eigenvalue weighted by Gasteiger charge is -2.07. The van der Waals surface area contributed by atoms with Gasteiger partial charge in [0.25, 0.3) is 5.69 Å². The number of nitrogens with zero attached hydrogens (tertiary/aromatic N) is 3. The van der Waals surface area contributed by atoms with E-state index < -0.39 is 4.92 Å². The Balaban J connectivity index is 1.92. The lowest BCUT2D eigenvalue weighted by molar-refractivity contribution is -0.384. The highest BCUT2D eigenvalue weighted by molar-refractivity contribution is 5.42. The molecular formula is C15H14N4O2. The Hall–Kier alpha value is -2.94.